The van der Waals surface area contributed by atoms with Gasteiger partial charge in [-0.05, 0) is 18.8 Å². The van der Waals surface area contributed by atoms with Crippen LogP contribution in [0.25, 0.3) is 0 Å². The van der Waals surface area contributed by atoms with Crippen molar-refractivity contribution < 1.29 is 18.0 Å². The Balaban J connectivity index is 2.04. The molecule has 2 atom stereocenters. The molecule has 0 bridgehead atoms. The molecule has 0 saturated carbocycles. The second-order valence-electron chi connectivity index (χ2n) is 6.06. The van der Waals surface area contributed by atoms with Crippen LogP contribution in [0.3, 0.4) is 0 Å². The number of rotatable bonds is 3. The lowest BCUT2D eigenvalue weighted by molar-refractivity contribution is -0.123. The number of amides is 1. The summed E-state index contributed by atoms with van der Waals surface area (Å²) in [4.78, 5) is 11.5. The van der Waals surface area contributed by atoms with Crippen LogP contribution in [-0.4, -0.2) is 28.6 Å². The van der Waals surface area contributed by atoms with Gasteiger partial charge < -0.3 is 5.32 Å². The number of carbonyl (C=O) groups excluding carboxylic acids is 1. The van der Waals surface area contributed by atoms with Gasteiger partial charge in [-0.2, -0.15) is 13.2 Å². The zero-order chi connectivity index (χ0) is 15.7. The van der Waals surface area contributed by atoms with Crippen LogP contribution < -0.4 is 5.32 Å². The topological polar surface area (TPSA) is 29.1 Å². The van der Waals surface area contributed by atoms with Gasteiger partial charge in [0, 0.05) is 23.0 Å². The molecule has 21 heavy (non-hydrogen) atoms. The van der Waals surface area contributed by atoms with Crippen LogP contribution >= 0.6 is 11.8 Å². The fourth-order valence-corrected chi connectivity index (χ4v) is 4.38. The summed E-state index contributed by atoms with van der Waals surface area (Å²) in [6.07, 6.45) is 1.71. The third-order valence-electron chi connectivity index (χ3n) is 4.04. The molecule has 1 N–H and O–H groups in total. The third kappa shape index (κ3) is 4.28. The first-order valence-corrected chi connectivity index (χ1v) is 7.96. The van der Waals surface area contributed by atoms with Gasteiger partial charge in [0.25, 0.3) is 0 Å². The van der Waals surface area contributed by atoms with Gasteiger partial charge in [-0.25, -0.2) is 0 Å². The van der Waals surface area contributed by atoms with E-state index in [2.05, 4.69) is 5.32 Å². The molecule has 0 aromatic heterocycles. The largest absolute Gasteiger partial charge is 0.416 e. The number of hydrogen-bond donors (Lipinski definition) is 1. The van der Waals surface area contributed by atoms with E-state index in [4.69, 9.17) is 0 Å². The highest BCUT2D eigenvalue weighted by Crippen LogP contribution is 2.43. The summed E-state index contributed by atoms with van der Waals surface area (Å²) in [7, 11) is 0. The molecule has 1 amide bonds. The van der Waals surface area contributed by atoms with E-state index in [-0.39, 0.29) is 21.8 Å². The summed E-state index contributed by atoms with van der Waals surface area (Å²) in [5, 5.41) is 2.61. The van der Waals surface area contributed by atoms with E-state index in [1.165, 1.54) is 6.08 Å². The average Bonchev–Trinajstić information content (AvgIpc) is 2.37. The Morgan fingerprint density at radius 3 is 2.67 bits per heavy atom. The van der Waals surface area contributed by atoms with Crippen molar-refractivity contribution in [2.75, 3.05) is 6.54 Å². The summed E-state index contributed by atoms with van der Waals surface area (Å²) in [5.74, 6) is 0.236. The lowest BCUT2D eigenvalue weighted by Crippen LogP contribution is -2.41. The predicted octanol–water partition coefficient (Wildman–Crippen LogP) is 3.84. The van der Waals surface area contributed by atoms with Crippen LogP contribution in [0.4, 0.5) is 13.2 Å². The van der Waals surface area contributed by atoms with Crippen LogP contribution in [0.15, 0.2) is 23.8 Å². The lowest BCUT2D eigenvalue weighted by Gasteiger charge is -2.38. The normalized spacial score (nSPS) is 27.3. The molecule has 2 unspecified atom stereocenters. The molecule has 2 rings (SSSR count). The van der Waals surface area contributed by atoms with Crippen molar-refractivity contribution in [2.45, 2.75) is 49.3 Å². The van der Waals surface area contributed by atoms with Crippen molar-refractivity contribution in [3.63, 3.8) is 0 Å². The van der Waals surface area contributed by atoms with Gasteiger partial charge in [0.2, 0.25) is 5.91 Å². The van der Waals surface area contributed by atoms with Crippen molar-refractivity contribution in [1.29, 1.82) is 0 Å². The van der Waals surface area contributed by atoms with Gasteiger partial charge in [0.05, 0.1) is 5.57 Å². The summed E-state index contributed by atoms with van der Waals surface area (Å²) >= 11 is 1.54. The molecule has 1 aliphatic heterocycles. The molecule has 6 heteroatoms. The number of alkyl halides is 3. The summed E-state index contributed by atoms with van der Waals surface area (Å²) in [6, 6.07) is 0. The Labute approximate surface area is 127 Å². The molecule has 2 nitrogen and oxygen atoms in total. The van der Waals surface area contributed by atoms with E-state index in [9.17, 15) is 18.0 Å². The minimum Gasteiger partial charge on any atom is -0.356 e. The molecule has 0 aromatic carbocycles. The lowest BCUT2D eigenvalue weighted by atomic mass is 9.86. The molecule has 0 aromatic rings. The maximum Gasteiger partial charge on any atom is 0.416 e. The van der Waals surface area contributed by atoms with Gasteiger partial charge in [-0.15, -0.1) is 11.8 Å². The first kappa shape index (κ1) is 16.5. The third-order valence-corrected chi connectivity index (χ3v) is 5.62. The molecule has 0 radical (unpaired) electrons. The van der Waals surface area contributed by atoms with Crippen LogP contribution in [0, 0.1) is 5.92 Å². The number of nitrogens with one attached hydrogen (secondary N) is 1. The first-order valence-electron chi connectivity index (χ1n) is 7.08. The van der Waals surface area contributed by atoms with E-state index in [1.54, 1.807) is 17.8 Å². The van der Waals surface area contributed by atoms with Crippen molar-refractivity contribution in [3.05, 3.63) is 23.8 Å². The molecule has 1 heterocycles. The van der Waals surface area contributed by atoms with Gasteiger partial charge in [-0.3, -0.25) is 4.79 Å². The van der Waals surface area contributed by atoms with E-state index in [1.807, 2.05) is 13.8 Å². The predicted molar refractivity (Wildman–Crippen MR) is 79.1 cm³/mol. The molecule has 1 aliphatic carbocycles. The van der Waals surface area contributed by atoms with Crippen LogP contribution in [0.1, 0.15) is 33.1 Å². The van der Waals surface area contributed by atoms with Crippen molar-refractivity contribution in [2.24, 2.45) is 5.92 Å². The molecule has 2 aliphatic rings. The van der Waals surface area contributed by atoms with Crippen molar-refractivity contribution in [1.82, 2.24) is 5.32 Å². The Bertz CT molecular complexity index is 468. The molecule has 118 valence electrons. The number of allylic oxidation sites excluding steroid dienone is 3. The maximum atomic E-state index is 12.8. The quantitative estimate of drug-likeness (QED) is 0.856. The number of thioether (sulfide) groups is 1. The number of hydrogen-bond acceptors (Lipinski definition) is 2. The highest BCUT2D eigenvalue weighted by Gasteiger charge is 2.38. The fourth-order valence-electron chi connectivity index (χ4n) is 2.79. The Morgan fingerprint density at radius 1 is 1.33 bits per heavy atom. The van der Waals surface area contributed by atoms with Gasteiger partial charge in [0.15, 0.2) is 0 Å². The highest BCUT2D eigenvalue weighted by molar-refractivity contribution is 8.01. The zero-order valence-corrected chi connectivity index (χ0v) is 13.0. The zero-order valence-electron chi connectivity index (χ0n) is 12.2. The molecular weight excluding hydrogens is 299 g/mol. The summed E-state index contributed by atoms with van der Waals surface area (Å²) in [5.41, 5.74) is -0.566. The summed E-state index contributed by atoms with van der Waals surface area (Å²) < 4.78 is 38.1. The average molecular weight is 319 g/mol. The van der Waals surface area contributed by atoms with Crippen molar-refractivity contribution >= 4 is 17.7 Å². The molecular formula is C15H20F3NOS. The first-order chi connectivity index (χ1) is 9.68. The maximum absolute atomic E-state index is 12.8. The Hall–Kier alpha value is -0.910. The minimum atomic E-state index is -4.29. The van der Waals surface area contributed by atoms with Crippen LogP contribution in [0.2, 0.25) is 0 Å². The molecule has 0 spiro atoms. The SMILES string of the molecule is CC(C)(SC1C=C(C(F)(F)F)C=CC1)C1CCNC(=O)C1. The van der Waals surface area contributed by atoms with E-state index >= 15 is 0 Å². The smallest absolute Gasteiger partial charge is 0.356 e. The molecule has 1 saturated heterocycles. The second kappa shape index (κ2) is 6.07. The van der Waals surface area contributed by atoms with Gasteiger partial charge in [0.1, 0.15) is 0 Å². The monoisotopic (exact) mass is 319 g/mol. The molecule has 1 fully saturated rings. The van der Waals surface area contributed by atoms with E-state index < -0.39 is 11.7 Å². The number of carbonyl (C=O) groups is 1. The standard InChI is InChI=1S/C15H20F3NOS/c1-14(2,10-6-7-19-13(20)9-10)21-12-5-3-4-11(8-12)15(16,17)18/h3-4,8,10,12H,5-7,9H2,1-2H3,(H,19,20). The van der Waals surface area contributed by atoms with E-state index in [0.29, 0.717) is 19.4 Å². The van der Waals surface area contributed by atoms with Crippen LogP contribution in [-0.2, 0) is 4.79 Å². The Morgan fingerprint density at radius 2 is 2.05 bits per heavy atom. The second-order valence-corrected chi connectivity index (χ2v) is 7.95. The highest BCUT2D eigenvalue weighted by atomic mass is 32.2. The van der Waals surface area contributed by atoms with Crippen LogP contribution in [0.5, 0.6) is 0 Å². The Kier molecular flexibility index (Phi) is 4.76. The fraction of sp³-hybridized carbons (Fsp3) is 0.667. The number of halogens is 3. The van der Waals surface area contributed by atoms with Gasteiger partial charge in [-0.1, -0.05) is 32.1 Å². The van der Waals surface area contributed by atoms with E-state index in [0.717, 1.165) is 12.5 Å². The summed E-state index contributed by atoms with van der Waals surface area (Å²) in [6.45, 7) is 4.71. The number of piperidine rings is 1. The van der Waals surface area contributed by atoms with Gasteiger partial charge >= 0.3 is 6.18 Å². The van der Waals surface area contributed by atoms with Crippen molar-refractivity contribution in [3.8, 4) is 0 Å². The minimum absolute atomic E-state index is 0.0370.